The average Bonchev–Trinajstić information content (AvgIpc) is 3.69. The molecule has 0 radical (unpaired) electrons. The summed E-state index contributed by atoms with van der Waals surface area (Å²) in [6.45, 7) is 2.69. The molecule has 2 aliphatic rings. The van der Waals surface area contributed by atoms with Crippen LogP contribution >= 0.6 is 0 Å². The molecular weight excluding hydrogens is 627 g/mol. The Morgan fingerprint density at radius 1 is 0.667 bits per heavy atom. The molecule has 9 rings (SSSR count). The zero-order chi connectivity index (χ0) is 34.7. The van der Waals surface area contributed by atoms with Crippen molar-refractivity contribution in [1.82, 2.24) is 14.1 Å². The van der Waals surface area contributed by atoms with Crippen molar-refractivity contribution in [3.63, 3.8) is 0 Å². The highest BCUT2D eigenvalue weighted by Gasteiger charge is 2.31. The minimum Gasteiger partial charge on any atom is -0.294 e. The fraction of sp³-hybridized carbons (Fsp3) is 0.114. The van der Waals surface area contributed by atoms with Gasteiger partial charge in [-0.2, -0.15) is 15.8 Å². The van der Waals surface area contributed by atoms with E-state index in [1.54, 1.807) is 0 Å². The Kier molecular flexibility index (Phi) is 6.82. The molecule has 7 heteroatoms. The maximum Gasteiger partial charge on any atom is 0.140 e. The second kappa shape index (κ2) is 11.6. The molecule has 240 valence electrons. The molecule has 7 aromatic rings. The molecule has 4 heterocycles. The van der Waals surface area contributed by atoms with Gasteiger partial charge in [-0.15, -0.1) is 0 Å². The number of fused-ring (bicyclic) bond motifs is 6. The lowest BCUT2D eigenvalue weighted by atomic mass is 9.80. The highest BCUT2D eigenvalue weighted by atomic mass is 15.1. The van der Waals surface area contributed by atoms with Crippen LogP contribution in [0, 0.1) is 39.4 Å². The molecule has 0 N–H and O–H groups in total. The van der Waals surface area contributed by atoms with Gasteiger partial charge in [-0.25, -0.2) is 4.98 Å². The molecule has 0 amide bonds. The predicted molar refractivity (Wildman–Crippen MR) is 201 cm³/mol. The molecule has 0 saturated carbocycles. The molecule has 51 heavy (non-hydrogen) atoms. The van der Waals surface area contributed by atoms with E-state index in [1.165, 1.54) is 10.9 Å². The minimum atomic E-state index is -0.669. The maximum absolute atomic E-state index is 10.1. The zero-order valence-corrected chi connectivity index (χ0v) is 27.8. The van der Waals surface area contributed by atoms with Gasteiger partial charge in [0.05, 0.1) is 57.2 Å². The van der Waals surface area contributed by atoms with Crippen LogP contribution in [0.3, 0.4) is 0 Å². The van der Waals surface area contributed by atoms with Gasteiger partial charge in [0, 0.05) is 23.5 Å². The number of allylic oxidation sites excluding steroid dienone is 1. The average molecular weight is 656 g/mol. The van der Waals surface area contributed by atoms with E-state index >= 15 is 0 Å². The van der Waals surface area contributed by atoms with Crippen LogP contribution in [0.5, 0.6) is 0 Å². The summed E-state index contributed by atoms with van der Waals surface area (Å²) in [6.07, 6.45) is 7.36. The van der Waals surface area contributed by atoms with Gasteiger partial charge in [0.15, 0.2) is 0 Å². The normalized spacial score (nSPS) is 16.0. The first kappa shape index (κ1) is 30.1. The Labute approximate surface area is 294 Å². The third kappa shape index (κ3) is 4.78. The quantitative estimate of drug-likeness (QED) is 0.188. The number of para-hydroxylation sites is 1. The van der Waals surface area contributed by atoms with Gasteiger partial charge in [-0.1, -0.05) is 60.7 Å². The van der Waals surface area contributed by atoms with Gasteiger partial charge in [0.2, 0.25) is 0 Å². The van der Waals surface area contributed by atoms with Crippen LogP contribution in [-0.2, 0) is 12.8 Å². The van der Waals surface area contributed by atoms with Crippen molar-refractivity contribution in [2.24, 2.45) is 10.4 Å². The first-order valence-corrected chi connectivity index (χ1v) is 16.9. The Morgan fingerprint density at radius 3 is 2.08 bits per heavy atom. The van der Waals surface area contributed by atoms with E-state index in [1.807, 2.05) is 79.9 Å². The summed E-state index contributed by atoms with van der Waals surface area (Å²) in [6, 6.07) is 41.5. The topological polar surface area (TPSA) is 106 Å². The van der Waals surface area contributed by atoms with Gasteiger partial charge < -0.3 is 0 Å². The molecule has 1 unspecified atom stereocenters. The Balaban J connectivity index is 1.37. The van der Waals surface area contributed by atoms with Crippen LogP contribution in [-0.4, -0.2) is 26.9 Å². The summed E-state index contributed by atoms with van der Waals surface area (Å²) in [5.74, 6) is 1.48. The highest BCUT2D eigenvalue weighted by molar-refractivity contribution is 5.98. The van der Waals surface area contributed by atoms with Gasteiger partial charge in [-0.05, 0) is 108 Å². The van der Waals surface area contributed by atoms with Crippen LogP contribution in [0.4, 0.5) is 0 Å². The number of aromatic nitrogens is 3. The van der Waals surface area contributed by atoms with Gasteiger partial charge in [0.1, 0.15) is 11.6 Å². The molecule has 0 fully saturated rings. The van der Waals surface area contributed by atoms with E-state index in [0.717, 1.165) is 80.2 Å². The molecule has 1 aliphatic carbocycles. The molecule has 0 spiro atoms. The van der Waals surface area contributed by atoms with Gasteiger partial charge in [0.25, 0.3) is 0 Å². The molecule has 7 nitrogen and oxygen atoms in total. The van der Waals surface area contributed by atoms with Crippen LogP contribution in [0.2, 0.25) is 0 Å². The van der Waals surface area contributed by atoms with Crippen molar-refractivity contribution in [1.29, 1.82) is 15.8 Å². The summed E-state index contributed by atoms with van der Waals surface area (Å²) < 4.78 is 4.39. The number of aliphatic imine (C=N–C) groups is 1. The number of hydrogen-bond donors (Lipinski definition) is 0. The monoisotopic (exact) mass is 655 g/mol. The molecule has 3 aromatic heterocycles. The van der Waals surface area contributed by atoms with E-state index in [-0.39, 0.29) is 0 Å². The number of nitriles is 3. The maximum atomic E-state index is 10.1. The fourth-order valence-corrected chi connectivity index (χ4v) is 7.71. The van der Waals surface area contributed by atoms with E-state index in [4.69, 9.17) is 9.98 Å². The van der Waals surface area contributed by atoms with Crippen LogP contribution in [0.1, 0.15) is 40.6 Å². The van der Waals surface area contributed by atoms with Gasteiger partial charge in [-0.3, -0.25) is 14.1 Å². The van der Waals surface area contributed by atoms with Crippen molar-refractivity contribution in [2.75, 3.05) is 6.54 Å². The van der Waals surface area contributed by atoms with Crippen LogP contribution in [0.15, 0.2) is 114 Å². The highest BCUT2D eigenvalue weighted by Crippen LogP contribution is 2.42. The summed E-state index contributed by atoms with van der Waals surface area (Å²) in [7, 11) is 0. The van der Waals surface area contributed by atoms with Crippen molar-refractivity contribution >= 4 is 34.1 Å². The SMILES string of the molecule is CC1(C#N)C=Cc2c(c3cc(C#N)ccc3n2-c2cc(-c3ccccc3-c3ccc(C#N)cc3)cc(-n3c4c(c5ccccc53)CCN=C4)n2)C1. The predicted octanol–water partition coefficient (Wildman–Crippen LogP) is 9.12. The second-order valence-corrected chi connectivity index (χ2v) is 13.4. The van der Waals surface area contributed by atoms with Crippen molar-refractivity contribution in [3.05, 3.63) is 143 Å². The van der Waals surface area contributed by atoms with Gasteiger partial charge >= 0.3 is 0 Å². The lowest BCUT2D eigenvalue weighted by molar-refractivity contribution is 0.561. The van der Waals surface area contributed by atoms with Crippen molar-refractivity contribution < 1.29 is 0 Å². The van der Waals surface area contributed by atoms with Crippen molar-refractivity contribution in [3.8, 4) is 52.1 Å². The zero-order valence-electron chi connectivity index (χ0n) is 27.8. The number of benzene rings is 4. The summed E-state index contributed by atoms with van der Waals surface area (Å²) in [5, 5.41) is 31.5. The standard InChI is InChI=1S/C44H29N7/c1-44(27-47)18-16-40-37(23-44)36-20-29(25-46)12-15-39(36)50(40)42-21-31(33-7-3-2-6-32(33)30-13-10-28(24-45)11-14-30)22-43(49-42)51-38-9-5-4-8-34(38)35-17-19-48-26-41(35)51/h2-16,18,20-22,26H,17,19,23H2,1H3. The Bertz CT molecular complexity index is 2770. The molecule has 1 atom stereocenters. The first-order valence-electron chi connectivity index (χ1n) is 16.9. The summed E-state index contributed by atoms with van der Waals surface area (Å²) >= 11 is 0. The number of rotatable bonds is 4. The van der Waals surface area contributed by atoms with Crippen LogP contribution < -0.4 is 0 Å². The Morgan fingerprint density at radius 2 is 1.33 bits per heavy atom. The van der Waals surface area contributed by atoms with E-state index in [0.29, 0.717) is 17.5 Å². The molecule has 1 aliphatic heterocycles. The minimum absolute atomic E-state index is 0.522. The summed E-state index contributed by atoms with van der Waals surface area (Å²) in [5.41, 5.74) is 10.8. The van der Waals surface area contributed by atoms with Crippen molar-refractivity contribution in [2.45, 2.75) is 19.8 Å². The second-order valence-electron chi connectivity index (χ2n) is 13.4. The fourth-order valence-electron chi connectivity index (χ4n) is 7.71. The lowest BCUT2D eigenvalue weighted by Crippen LogP contribution is -2.18. The largest absolute Gasteiger partial charge is 0.294 e. The molecule has 4 aromatic carbocycles. The van der Waals surface area contributed by atoms with E-state index in [2.05, 4.69) is 75.9 Å². The third-order valence-corrected chi connectivity index (χ3v) is 10.2. The lowest BCUT2D eigenvalue weighted by Gasteiger charge is -2.22. The van der Waals surface area contributed by atoms with Crippen LogP contribution in [0.25, 0.3) is 61.8 Å². The first-order chi connectivity index (χ1) is 25.0. The van der Waals surface area contributed by atoms with E-state index in [9.17, 15) is 15.8 Å². The van der Waals surface area contributed by atoms with E-state index < -0.39 is 5.41 Å². The summed E-state index contributed by atoms with van der Waals surface area (Å²) in [4.78, 5) is 10.1. The number of pyridine rings is 1. The number of nitrogens with zero attached hydrogens (tertiary/aromatic N) is 7. The molecular formula is C44H29N7. The molecule has 0 saturated heterocycles. The number of hydrogen-bond acceptors (Lipinski definition) is 5. The molecule has 0 bridgehead atoms. The smallest absolute Gasteiger partial charge is 0.140 e. The Hall–Kier alpha value is -7.01. The third-order valence-electron chi connectivity index (χ3n) is 10.2.